The molecule has 2 aromatic heterocycles. The molecule has 0 radical (unpaired) electrons. The number of aromatic nitrogens is 2. The van der Waals surface area contributed by atoms with Crippen molar-refractivity contribution in [1.29, 1.82) is 0 Å². The summed E-state index contributed by atoms with van der Waals surface area (Å²) in [6, 6.07) is 10.4. The minimum absolute atomic E-state index is 0.0357. The van der Waals surface area contributed by atoms with Crippen molar-refractivity contribution >= 4 is 21.4 Å². The van der Waals surface area contributed by atoms with Gasteiger partial charge in [0.25, 0.3) is 0 Å². The standard InChI is InChI=1S/C14H13N3S/c1-15-12(14-16-7-3-8-17-14)11-5-2-4-10-6-9-18-13(10)11/h2-9,12,15H,1H3. The fraction of sp³-hybridized carbons (Fsp3) is 0.143. The maximum atomic E-state index is 4.35. The van der Waals surface area contributed by atoms with E-state index in [0.717, 1.165) is 5.82 Å². The number of hydrogen-bond donors (Lipinski definition) is 1. The first kappa shape index (κ1) is 11.3. The number of nitrogens with zero attached hydrogens (tertiary/aromatic N) is 2. The van der Waals surface area contributed by atoms with Crippen molar-refractivity contribution in [3.05, 3.63) is 59.5 Å². The third-order valence-electron chi connectivity index (χ3n) is 2.95. The lowest BCUT2D eigenvalue weighted by Crippen LogP contribution is -2.20. The molecule has 1 aromatic carbocycles. The molecular formula is C14H13N3S. The molecule has 0 spiro atoms. The Morgan fingerprint density at radius 1 is 1.11 bits per heavy atom. The zero-order chi connectivity index (χ0) is 12.4. The number of nitrogens with one attached hydrogen (secondary N) is 1. The van der Waals surface area contributed by atoms with Crippen LogP contribution in [-0.2, 0) is 0 Å². The van der Waals surface area contributed by atoms with Crippen LogP contribution in [0.25, 0.3) is 10.1 Å². The second kappa shape index (κ2) is 4.84. The Balaban J connectivity index is 2.15. The Morgan fingerprint density at radius 3 is 2.72 bits per heavy atom. The zero-order valence-electron chi connectivity index (χ0n) is 10.00. The summed E-state index contributed by atoms with van der Waals surface area (Å²) >= 11 is 1.76. The van der Waals surface area contributed by atoms with E-state index in [4.69, 9.17) is 0 Å². The van der Waals surface area contributed by atoms with Crippen LogP contribution in [0.4, 0.5) is 0 Å². The molecule has 0 saturated heterocycles. The second-order valence-electron chi connectivity index (χ2n) is 4.01. The molecule has 0 fully saturated rings. The second-order valence-corrected chi connectivity index (χ2v) is 4.93. The Morgan fingerprint density at radius 2 is 1.94 bits per heavy atom. The zero-order valence-corrected chi connectivity index (χ0v) is 10.8. The van der Waals surface area contributed by atoms with Crippen LogP contribution in [0, 0.1) is 0 Å². The number of thiophene rings is 1. The molecule has 90 valence electrons. The highest BCUT2D eigenvalue weighted by Crippen LogP contribution is 2.30. The van der Waals surface area contributed by atoms with E-state index in [9.17, 15) is 0 Å². The summed E-state index contributed by atoms with van der Waals surface area (Å²) in [5, 5.41) is 6.69. The predicted molar refractivity (Wildman–Crippen MR) is 74.8 cm³/mol. The van der Waals surface area contributed by atoms with E-state index < -0.39 is 0 Å². The van der Waals surface area contributed by atoms with Gasteiger partial charge in [0.15, 0.2) is 0 Å². The van der Waals surface area contributed by atoms with E-state index in [-0.39, 0.29) is 6.04 Å². The quantitative estimate of drug-likeness (QED) is 0.781. The van der Waals surface area contributed by atoms with Gasteiger partial charge in [-0.15, -0.1) is 11.3 Å². The third kappa shape index (κ3) is 1.89. The molecule has 18 heavy (non-hydrogen) atoms. The lowest BCUT2D eigenvalue weighted by molar-refractivity contribution is 0.651. The summed E-state index contributed by atoms with van der Waals surface area (Å²) in [6.45, 7) is 0. The highest BCUT2D eigenvalue weighted by Gasteiger charge is 2.17. The molecule has 1 N–H and O–H groups in total. The molecule has 3 rings (SSSR count). The average Bonchev–Trinajstić information content (AvgIpc) is 2.90. The molecule has 2 heterocycles. The minimum Gasteiger partial charge on any atom is -0.307 e. The van der Waals surface area contributed by atoms with Crippen molar-refractivity contribution in [3.8, 4) is 0 Å². The molecule has 0 bridgehead atoms. The van der Waals surface area contributed by atoms with Crippen molar-refractivity contribution in [3.63, 3.8) is 0 Å². The lowest BCUT2D eigenvalue weighted by Gasteiger charge is -2.15. The molecule has 3 aromatic rings. The van der Waals surface area contributed by atoms with E-state index in [2.05, 4.69) is 44.9 Å². The first-order valence-corrected chi connectivity index (χ1v) is 6.68. The topological polar surface area (TPSA) is 37.8 Å². The number of rotatable bonds is 3. The molecule has 0 saturated carbocycles. The van der Waals surface area contributed by atoms with Crippen LogP contribution >= 0.6 is 11.3 Å². The molecule has 0 aliphatic heterocycles. The smallest absolute Gasteiger partial charge is 0.149 e. The van der Waals surface area contributed by atoms with Gasteiger partial charge in [0.1, 0.15) is 5.82 Å². The first-order chi connectivity index (χ1) is 8.90. The third-order valence-corrected chi connectivity index (χ3v) is 3.93. The molecule has 0 amide bonds. The van der Waals surface area contributed by atoms with Gasteiger partial charge < -0.3 is 5.32 Å². The molecule has 1 unspecified atom stereocenters. The molecule has 0 aliphatic rings. The van der Waals surface area contributed by atoms with Crippen LogP contribution in [0.5, 0.6) is 0 Å². The fourth-order valence-corrected chi connectivity index (χ4v) is 3.07. The highest BCUT2D eigenvalue weighted by atomic mass is 32.1. The van der Waals surface area contributed by atoms with Crippen molar-refractivity contribution in [1.82, 2.24) is 15.3 Å². The molecular weight excluding hydrogens is 242 g/mol. The van der Waals surface area contributed by atoms with Crippen LogP contribution in [-0.4, -0.2) is 17.0 Å². The molecule has 3 nitrogen and oxygen atoms in total. The van der Waals surface area contributed by atoms with Gasteiger partial charge >= 0.3 is 0 Å². The van der Waals surface area contributed by atoms with E-state index in [1.54, 1.807) is 23.7 Å². The molecule has 4 heteroatoms. The van der Waals surface area contributed by atoms with Gasteiger partial charge in [-0.2, -0.15) is 0 Å². The van der Waals surface area contributed by atoms with Crippen molar-refractivity contribution in [2.24, 2.45) is 0 Å². The van der Waals surface area contributed by atoms with Crippen molar-refractivity contribution < 1.29 is 0 Å². The first-order valence-electron chi connectivity index (χ1n) is 5.80. The van der Waals surface area contributed by atoms with Crippen LogP contribution in [0.15, 0.2) is 48.1 Å². The Bertz CT molecular complexity index is 648. The highest BCUT2D eigenvalue weighted by molar-refractivity contribution is 7.17. The van der Waals surface area contributed by atoms with Gasteiger partial charge in [-0.3, -0.25) is 0 Å². The van der Waals surface area contributed by atoms with Crippen LogP contribution in [0.2, 0.25) is 0 Å². The van der Waals surface area contributed by atoms with Crippen LogP contribution in [0.1, 0.15) is 17.4 Å². The SMILES string of the molecule is CNC(c1ncccn1)c1cccc2ccsc12. The Labute approximate surface area is 110 Å². The van der Waals surface area contributed by atoms with Gasteiger partial charge in [0.2, 0.25) is 0 Å². The van der Waals surface area contributed by atoms with Gasteiger partial charge in [-0.05, 0) is 35.5 Å². The maximum absolute atomic E-state index is 4.35. The van der Waals surface area contributed by atoms with Gasteiger partial charge in [0.05, 0.1) is 6.04 Å². The normalized spacial score (nSPS) is 12.7. The lowest BCUT2D eigenvalue weighted by atomic mass is 10.0. The minimum atomic E-state index is 0.0357. The summed E-state index contributed by atoms with van der Waals surface area (Å²) in [5.41, 5.74) is 1.23. The van der Waals surface area contributed by atoms with Gasteiger partial charge in [0, 0.05) is 17.1 Å². The van der Waals surface area contributed by atoms with Crippen LogP contribution < -0.4 is 5.32 Å². The van der Waals surface area contributed by atoms with Gasteiger partial charge in [-0.25, -0.2) is 9.97 Å². The summed E-state index contributed by atoms with van der Waals surface area (Å²) < 4.78 is 1.30. The van der Waals surface area contributed by atoms with Crippen molar-refractivity contribution in [2.45, 2.75) is 6.04 Å². The summed E-state index contributed by atoms with van der Waals surface area (Å²) in [7, 11) is 1.94. The Kier molecular flexibility index (Phi) is 3.04. The summed E-state index contributed by atoms with van der Waals surface area (Å²) in [6.07, 6.45) is 3.56. The van der Waals surface area contributed by atoms with E-state index in [1.165, 1.54) is 15.6 Å². The van der Waals surface area contributed by atoms with E-state index in [1.807, 2.05) is 13.1 Å². The van der Waals surface area contributed by atoms with Crippen LogP contribution in [0.3, 0.4) is 0 Å². The fourth-order valence-electron chi connectivity index (χ4n) is 2.13. The monoisotopic (exact) mass is 255 g/mol. The van der Waals surface area contributed by atoms with Crippen molar-refractivity contribution in [2.75, 3.05) is 7.05 Å². The summed E-state index contributed by atoms with van der Waals surface area (Å²) in [4.78, 5) is 8.70. The largest absolute Gasteiger partial charge is 0.307 e. The number of benzene rings is 1. The predicted octanol–water partition coefficient (Wildman–Crippen LogP) is 3.00. The molecule has 0 aliphatic carbocycles. The van der Waals surface area contributed by atoms with E-state index in [0.29, 0.717) is 0 Å². The molecule has 1 atom stereocenters. The number of hydrogen-bond acceptors (Lipinski definition) is 4. The summed E-state index contributed by atoms with van der Waals surface area (Å²) in [5.74, 6) is 0.806. The average molecular weight is 255 g/mol. The van der Waals surface area contributed by atoms with Gasteiger partial charge in [-0.1, -0.05) is 18.2 Å². The maximum Gasteiger partial charge on any atom is 0.149 e. The number of fused-ring (bicyclic) bond motifs is 1. The van der Waals surface area contributed by atoms with E-state index >= 15 is 0 Å². The Hall–Kier alpha value is -1.78.